The lowest BCUT2D eigenvalue weighted by molar-refractivity contribution is -0.137. The fourth-order valence-electron chi connectivity index (χ4n) is 2.23. The molecule has 1 fully saturated rings. The van der Waals surface area contributed by atoms with E-state index in [4.69, 9.17) is 0 Å². The van der Waals surface area contributed by atoms with E-state index in [2.05, 4.69) is 21.2 Å². The number of alkyl halides is 3. The predicted octanol–water partition coefficient (Wildman–Crippen LogP) is 3.46. The molecule has 3 nitrogen and oxygen atoms in total. The Bertz CT molecular complexity index is 601. The van der Waals surface area contributed by atoms with Crippen molar-refractivity contribution in [3.8, 4) is 0 Å². The average molecular weight is 372 g/mol. The van der Waals surface area contributed by atoms with Gasteiger partial charge in [-0.1, -0.05) is 15.9 Å². The van der Waals surface area contributed by atoms with Gasteiger partial charge in [0, 0.05) is 16.2 Å². The van der Waals surface area contributed by atoms with Crippen molar-refractivity contribution in [3.05, 3.63) is 28.2 Å². The van der Waals surface area contributed by atoms with Gasteiger partial charge in [0.1, 0.15) is 0 Å². The van der Waals surface area contributed by atoms with E-state index in [0.29, 0.717) is 17.3 Å². The quantitative estimate of drug-likeness (QED) is 0.865. The molecule has 1 heterocycles. The van der Waals surface area contributed by atoms with E-state index in [0.717, 1.165) is 6.07 Å². The Morgan fingerprint density at radius 2 is 2.00 bits per heavy atom. The fraction of sp³-hybridized carbons (Fsp3) is 0.500. The molecule has 0 saturated carbocycles. The minimum Gasteiger partial charge on any atom is -0.381 e. The molecule has 1 N–H and O–H groups in total. The molecule has 1 aromatic carbocycles. The number of halogens is 4. The van der Waals surface area contributed by atoms with Crippen molar-refractivity contribution >= 4 is 31.5 Å². The number of hydrogen-bond donors (Lipinski definition) is 1. The Morgan fingerprint density at radius 3 is 2.60 bits per heavy atom. The second-order valence-corrected chi connectivity index (χ2v) is 7.93. The van der Waals surface area contributed by atoms with E-state index < -0.39 is 27.6 Å². The first kappa shape index (κ1) is 15.6. The van der Waals surface area contributed by atoms with Gasteiger partial charge in [-0.25, -0.2) is 8.42 Å². The molecule has 112 valence electrons. The lowest BCUT2D eigenvalue weighted by Crippen LogP contribution is -2.35. The summed E-state index contributed by atoms with van der Waals surface area (Å²) in [7, 11) is -3.16. The summed E-state index contributed by atoms with van der Waals surface area (Å²) < 4.78 is 62.2. The van der Waals surface area contributed by atoms with E-state index >= 15 is 0 Å². The van der Waals surface area contributed by atoms with Gasteiger partial charge in [-0.2, -0.15) is 13.2 Å². The number of anilines is 1. The molecule has 1 unspecified atom stereocenters. The minimum atomic E-state index is -4.49. The first-order valence-electron chi connectivity index (χ1n) is 6.01. The van der Waals surface area contributed by atoms with Crippen LogP contribution in [0.3, 0.4) is 0 Å². The third-order valence-corrected chi connectivity index (χ3v) is 5.42. The van der Waals surface area contributed by atoms with Crippen molar-refractivity contribution in [2.75, 3.05) is 16.8 Å². The number of hydrogen-bond acceptors (Lipinski definition) is 3. The highest BCUT2D eigenvalue weighted by Gasteiger charge is 2.35. The zero-order chi connectivity index (χ0) is 15.0. The van der Waals surface area contributed by atoms with Crippen LogP contribution in [0.25, 0.3) is 0 Å². The highest BCUT2D eigenvalue weighted by Crippen LogP contribution is 2.37. The highest BCUT2D eigenvalue weighted by molar-refractivity contribution is 9.10. The Kier molecular flexibility index (Phi) is 4.34. The van der Waals surface area contributed by atoms with Crippen LogP contribution in [0.2, 0.25) is 0 Å². The lowest BCUT2D eigenvalue weighted by atomic mass is 10.1. The van der Waals surface area contributed by atoms with Gasteiger partial charge in [-0.05, 0) is 31.0 Å². The summed E-state index contributed by atoms with van der Waals surface area (Å²) in [4.78, 5) is 0. The summed E-state index contributed by atoms with van der Waals surface area (Å²) in [5.74, 6) is -0.0159. The molecule has 1 aromatic rings. The van der Waals surface area contributed by atoms with Gasteiger partial charge in [0.05, 0.1) is 17.1 Å². The number of sulfone groups is 1. The monoisotopic (exact) mass is 371 g/mol. The summed E-state index contributed by atoms with van der Waals surface area (Å²) in [6, 6.07) is 3.32. The van der Waals surface area contributed by atoms with Crippen LogP contribution in [0, 0.1) is 0 Å². The minimum absolute atomic E-state index is 0.0807. The predicted molar refractivity (Wildman–Crippen MR) is 74.4 cm³/mol. The summed E-state index contributed by atoms with van der Waals surface area (Å²) in [6.45, 7) is 0. The largest absolute Gasteiger partial charge is 0.418 e. The van der Waals surface area contributed by atoms with Gasteiger partial charge in [0.15, 0.2) is 9.84 Å². The number of rotatable bonds is 2. The van der Waals surface area contributed by atoms with Crippen LogP contribution in [0.5, 0.6) is 0 Å². The van der Waals surface area contributed by atoms with Crippen molar-refractivity contribution in [3.63, 3.8) is 0 Å². The van der Waals surface area contributed by atoms with Crippen LogP contribution in [-0.2, 0) is 16.0 Å². The molecular weight excluding hydrogens is 359 g/mol. The van der Waals surface area contributed by atoms with Crippen molar-refractivity contribution in [2.45, 2.75) is 25.1 Å². The van der Waals surface area contributed by atoms with Crippen LogP contribution in [0.4, 0.5) is 18.9 Å². The second-order valence-electron chi connectivity index (χ2n) is 4.79. The maximum atomic E-state index is 13.0. The average Bonchev–Trinajstić information content (AvgIpc) is 2.29. The first-order valence-corrected chi connectivity index (χ1v) is 8.62. The van der Waals surface area contributed by atoms with Crippen molar-refractivity contribution < 1.29 is 21.6 Å². The molecule has 1 saturated heterocycles. The molecule has 0 spiro atoms. The summed E-state index contributed by atoms with van der Waals surface area (Å²) in [5, 5.41) is 2.72. The summed E-state index contributed by atoms with van der Waals surface area (Å²) >= 11 is 3.01. The molecule has 2 rings (SSSR count). The van der Waals surface area contributed by atoms with E-state index in [-0.39, 0.29) is 17.2 Å². The van der Waals surface area contributed by atoms with E-state index in [1.165, 1.54) is 12.1 Å². The molecule has 1 aliphatic rings. The Hall–Kier alpha value is -0.760. The summed E-state index contributed by atoms with van der Waals surface area (Å²) in [6.07, 6.45) is -3.47. The molecule has 20 heavy (non-hydrogen) atoms. The highest BCUT2D eigenvalue weighted by atomic mass is 79.9. The maximum absolute atomic E-state index is 13.0. The van der Waals surface area contributed by atoms with Crippen molar-refractivity contribution in [2.24, 2.45) is 0 Å². The van der Waals surface area contributed by atoms with E-state index in [9.17, 15) is 21.6 Å². The third-order valence-electron chi connectivity index (χ3n) is 3.11. The Labute approximate surface area is 123 Å². The van der Waals surface area contributed by atoms with Gasteiger partial charge in [0.25, 0.3) is 0 Å². The van der Waals surface area contributed by atoms with Gasteiger partial charge in [-0.15, -0.1) is 0 Å². The first-order chi connectivity index (χ1) is 9.17. The molecule has 0 aliphatic carbocycles. The third kappa shape index (κ3) is 3.88. The van der Waals surface area contributed by atoms with Crippen LogP contribution >= 0.6 is 15.9 Å². The molecule has 0 amide bonds. The SMILES string of the molecule is O=S1(=O)CCCC(Nc2ccc(Br)cc2C(F)(F)F)C1. The number of nitrogens with one attached hydrogen (secondary N) is 1. The number of benzene rings is 1. The molecule has 0 bridgehead atoms. The molecular formula is C12H13BrF3NO2S. The van der Waals surface area contributed by atoms with E-state index in [1.54, 1.807) is 0 Å². The molecule has 1 aliphatic heterocycles. The molecule has 1 atom stereocenters. The van der Waals surface area contributed by atoms with Gasteiger partial charge >= 0.3 is 6.18 Å². The molecule has 0 aromatic heterocycles. The standard InChI is InChI=1S/C12H13BrF3NO2S/c13-8-3-4-11(10(6-8)12(14,15)16)17-9-2-1-5-20(18,19)7-9/h3-4,6,9,17H,1-2,5,7H2. The fourth-order valence-corrected chi connectivity index (χ4v) is 4.23. The van der Waals surface area contributed by atoms with Crippen LogP contribution in [-0.4, -0.2) is 26.0 Å². The van der Waals surface area contributed by atoms with Crippen LogP contribution in [0.15, 0.2) is 22.7 Å². The molecule has 8 heteroatoms. The molecule has 0 radical (unpaired) electrons. The topological polar surface area (TPSA) is 46.2 Å². The smallest absolute Gasteiger partial charge is 0.381 e. The normalized spacial score (nSPS) is 22.5. The van der Waals surface area contributed by atoms with Crippen LogP contribution < -0.4 is 5.32 Å². The lowest BCUT2D eigenvalue weighted by Gasteiger charge is -2.25. The van der Waals surface area contributed by atoms with Gasteiger partial charge in [-0.3, -0.25) is 0 Å². The van der Waals surface area contributed by atoms with Crippen molar-refractivity contribution in [1.29, 1.82) is 0 Å². The van der Waals surface area contributed by atoms with Gasteiger partial charge < -0.3 is 5.32 Å². The van der Waals surface area contributed by atoms with Crippen LogP contribution in [0.1, 0.15) is 18.4 Å². The zero-order valence-electron chi connectivity index (χ0n) is 10.4. The zero-order valence-corrected chi connectivity index (χ0v) is 12.8. The summed E-state index contributed by atoms with van der Waals surface area (Å²) in [5.41, 5.74) is -0.877. The van der Waals surface area contributed by atoms with Gasteiger partial charge in [0.2, 0.25) is 0 Å². The Morgan fingerprint density at radius 1 is 1.30 bits per heavy atom. The second kappa shape index (κ2) is 5.55. The van der Waals surface area contributed by atoms with E-state index in [1.807, 2.05) is 0 Å². The van der Waals surface area contributed by atoms with Crippen molar-refractivity contribution in [1.82, 2.24) is 0 Å². The Balaban J connectivity index is 2.25. The maximum Gasteiger partial charge on any atom is 0.418 e.